The Bertz CT molecular complexity index is 815. The van der Waals surface area contributed by atoms with Crippen molar-refractivity contribution in [1.29, 1.82) is 5.26 Å². The maximum absolute atomic E-state index is 9.37. The van der Waals surface area contributed by atoms with E-state index >= 15 is 0 Å². The Morgan fingerprint density at radius 2 is 1.73 bits per heavy atom. The van der Waals surface area contributed by atoms with Crippen molar-refractivity contribution in [2.24, 2.45) is 4.99 Å². The Balaban J connectivity index is 1.83. The third-order valence-corrected chi connectivity index (χ3v) is 3.20. The first kappa shape index (κ1) is 13.8. The summed E-state index contributed by atoms with van der Waals surface area (Å²) in [5, 5.41) is 13.4. The molecule has 4 heteroatoms. The number of nitrogens with zero attached hydrogens (tertiary/aromatic N) is 3. The van der Waals surface area contributed by atoms with E-state index in [0.717, 1.165) is 11.3 Å². The quantitative estimate of drug-likeness (QED) is 0.677. The van der Waals surface area contributed by atoms with Gasteiger partial charge in [0.1, 0.15) is 17.3 Å². The van der Waals surface area contributed by atoms with E-state index in [2.05, 4.69) is 16.2 Å². The van der Waals surface area contributed by atoms with Crippen LogP contribution in [0.4, 0.5) is 5.69 Å². The number of nitriles is 1. The molecule has 0 radical (unpaired) electrons. The van der Waals surface area contributed by atoms with E-state index in [-0.39, 0.29) is 0 Å². The second-order valence-electron chi connectivity index (χ2n) is 4.66. The smallest absolute Gasteiger partial charge is 0.160 e. The van der Waals surface area contributed by atoms with Gasteiger partial charge in [-0.05, 0) is 12.1 Å². The molecule has 0 atom stereocenters. The monoisotopic (exact) mass is 287 g/mol. The largest absolute Gasteiger partial charge is 0.359 e. The van der Waals surface area contributed by atoms with Gasteiger partial charge in [0.2, 0.25) is 0 Å². The predicted molar refractivity (Wildman–Crippen MR) is 85.0 cm³/mol. The zero-order valence-electron chi connectivity index (χ0n) is 11.8. The van der Waals surface area contributed by atoms with Crippen molar-refractivity contribution in [1.82, 2.24) is 5.16 Å². The van der Waals surface area contributed by atoms with Crippen LogP contribution < -0.4 is 0 Å². The maximum Gasteiger partial charge on any atom is 0.160 e. The van der Waals surface area contributed by atoms with Crippen molar-refractivity contribution in [2.75, 3.05) is 0 Å². The molecule has 0 aliphatic heterocycles. The van der Waals surface area contributed by atoms with Gasteiger partial charge in [0, 0.05) is 18.2 Å². The fourth-order valence-corrected chi connectivity index (χ4v) is 2.12. The van der Waals surface area contributed by atoms with Crippen molar-refractivity contribution >= 4 is 11.9 Å². The normalized spacial score (nSPS) is 10.7. The third kappa shape index (κ3) is 2.94. The van der Waals surface area contributed by atoms with Gasteiger partial charge in [-0.25, -0.2) is 0 Å². The predicted octanol–water partition coefficient (Wildman–Crippen LogP) is 4.16. The van der Waals surface area contributed by atoms with Crippen LogP contribution in [-0.4, -0.2) is 11.4 Å². The molecule has 0 amide bonds. The highest BCUT2D eigenvalue weighted by Gasteiger charge is 2.16. The lowest BCUT2D eigenvalue weighted by Crippen LogP contribution is -1.88. The van der Waals surface area contributed by atoms with E-state index < -0.39 is 0 Å². The average Bonchev–Trinajstić information content (AvgIpc) is 2.99. The van der Waals surface area contributed by atoms with Gasteiger partial charge in [-0.3, -0.25) is 4.99 Å². The number of aromatic nitrogens is 1. The van der Waals surface area contributed by atoms with Gasteiger partial charge in [-0.2, -0.15) is 5.26 Å². The lowest BCUT2D eigenvalue weighted by atomic mass is 10.1. The first-order valence-corrected chi connectivity index (χ1v) is 6.90. The number of rotatable bonds is 4. The molecule has 0 unspecified atom stereocenters. The molecule has 0 spiro atoms. The highest BCUT2D eigenvalue weighted by molar-refractivity contribution is 5.71. The van der Waals surface area contributed by atoms with Crippen molar-refractivity contribution in [3.63, 3.8) is 0 Å². The molecule has 2 aromatic carbocycles. The fourth-order valence-electron chi connectivity index (χ4n) is 2.12. The zero-order chi connectivity index (χ0) is 15.2. The number of para-hydroxylation sites is 1. The molecule has 0 aliphatic rings. The SMILES string of the molecule is N#Cc1c(-c2ccccc2)noc1CC=Nc1ccccc1. The summed E-state index contributed by atoms with van der Waals surface area (Å²) in [6.07, 6.45) is 2.16. The molecule has 1 heterocycles. The topological polar surface area (TPSA) is 62.2 Å². The molecule has 0 aliphatic carbocycles. The molecule has 0 saturated heterocycles. The highest BCUT2D eigenvalue weighted by Crippen LogP contribution is 2.24. The summed E-state index contributed by atoms with van der Waals surface area (Å²) in [4.78, 5) is 4.34. The van der Waals surface area contributed by atoms with Crippen molar-refractivity contribution < 1.29 is 4.52 Å². The summed E-state index contributed by atoms with van der Waals surface area (Å²) >= 11 is 0. The van der Waals surface area contributed by atoms with Gasteiger partial charge < -0.3 is 4.52 Å². The van der Waals surface area contributed by atoms with Gasteiger partial charge in [0.05, 0.1) is 5.69 Å². The van der Waals surface area contributed by atoms with Crippen LogP contribution in [0.15, 0.2) is 70.2 Å². The van der Waals surface area contributed by atoms with E-state index in [0.29, 0.717) is 23.4 Å². The van der Waals surface area contributed by atoms with Crippen LogP contribution >= 0.6 is 0 Å². The van der Waals surface area contributed by atoms with E-state index in [4.69, 9.17) is 4.52 Å². The van der Waals surface area contributed by atoms with Crippen LogP contribution in [0.3, 0.4) is 0 Å². The lowest BCUT2D eigenvalue weighted by molar-refractivity contribution is 0.395. The van der Waals surface area contributed by atoms with Crippen molar-refractivity contribution in [3.8, 4) is 17.3 Å². The molecule has 22 heavy (non-hydrogen) atoms. The van der Waals surface area contributed by atoms with Crippen LogP contribution in [0, 0.1) is 11.3 Å². The van der Waals surface area contributed by atoms with Crippen molar-refractivity contribution in [2.45, 2.75) is 6.42 Å². The summed E-state index contributed by atoms with van der Waals surface area (Å²) in [5.41, 5.74) is 2.77. The molecular formula is C18H13N3O. The number of hydrogen-bond acceptors (Lipinski definition) is 4. The molecule has 0 fully saturated rings. The maximum atomic E-state index is 9.37. The third-order valence-electron chi connectivity index (χ3n) is 3.20. The summed E-state index contributed by atoms with van der Waals surface area (Å²) in [6, 6.07) is 21.3. The molecule has 3 aromatic rings. The summed E-state index contributed by atoms with van der Waals surface area (Å²) in [5.74, 6) is 0.529. The molecule has 4 nitrogen and oxygen atoms in total. The van der Waals surface area contributed by atoms with Crippen LogP contribution in [0.1, 0.15) is 11.3 Å². The van der Waals surface area contributed by atoms with Crippen molar-refractivity contribution in [3.05, 3.63) is 72.0 Å². The zero-order valence-corrected chi connectivity index (χ0v) is 11.8. The van der Waals surface area contributed by atoms with Gasteiger partial charge >= 0.3 is 0 Å². The molecule has 106 valence electrons. The fraction of sp³-hybridized carbons (Fsp3) is 0.0556. The molecule has 1 aromatic heterocycles. The Morgan fingerprint density at radius 1 is 1.05 bits per heavy atom. The van der Waals surface area contributed by atoms with Crippen LogP contribution in [0.25, 0.3) is 11.3 Å². The van der Waals surface area contributed by atoms with Gasteiger partial charge in [-0.15, -0.1) is 0 Å². The summed E-state index contributed by atoms with van der Waals surface area (Å²) in [7, 11) is 0. The number of benzene rings is 2. The molecule has 0 N–H and O–H groups in total. The van der Waals surface area contributed by atoms with E-state index in [1.54, 1.807) is 6.21 Å². The van der Waals surface area contributed by atoms with E-state index in [9.17, 15) is 5.26 Å². The Hall–Kier alpha value is -3.19. The Morgan fingerprint density at radius 3 is 2.41 bits per heavy atom. The average molecular weight is 287 g/mol. The molecular weight excluding hydrogens is 274 g/mol. The summed E-state index contributed by atoms with van der Waals surface area (Å²) in [6.45, 7) is 0. The minimum atomic E-state index is 0.428. The first-order chi connectivity index (χ1) is 10.9. The highest BCUT2D eigenvalue weighted by atomic mass is 16.5. The van der Waals surface area contributed by atoms with Crippen LogP contribution in [-0.2, 0) is 6.42 Å². The molecule has 0 saturated carbocycles. The standard InChI is InChI=1S/C18H13N3O/c19-13-16-17(11-12-20-15-9-5-2-6-10-15)22-21-18(16)14-7-3-1-4-8-14/h1-10,12H,11H2. The minimum Gasteiger partial charge on any atom is -0.359 e. The van der Waals surface area contributed by atoms with E-state index in [1.807, 2.05) is 60.7 Å². The van der Waals surface area contributed by atoms with Gasteiger partial charge in [-0.1, -0.05) is 53.7 Å². The number of aliphatic imine (C=N–C) groups is 1. The van der Waals surface area contributed by atoms with Gasteiger partial charge in [0.25, 0.3) is 0 Å². The Kier molecular flexibility index (Phi) is 4.08. The second kappa shape index (κ2) is 6.51. The number of hydrogen-bond donors (Lipinski definition) is 0. The lowest BCUT2D eigenvalue weighted by Gasteiger charge is -1.95. The first-order valence-electron chi connectivity index (χ1n) is 6.90. The summed E-state index contributed by atoms with van der Waals surface area (Å²) < 4.78 is 5.32. The van der Waals surface area contributed by atoms with E-state index in [1.165, 1.54) is 0 Å². The van der Waals surface area contributed by atoms with Gasteiger partial charge in [0.15, 0.2) is 5.76 Å². The molecule has 0 bridgehead atoms. The Labute approximate surface area is 128 Å². The van der Waals surface area contributed by atoms with Crippen LogP contribution in [0.5, 0.6) is 0 Å². The molecule has 3 rings (SSSR count). The van der Waals surface area contributed by atoms with Crippen LogP contribution in [0.2, 0.25) is 0 Å². The second-order valence-corrected chi connectivity index (χ2v) is 4.66. The minimum absolute atomic E-state index is 0.428.